The van der Waals surface area contributed by atoms with Gasteiger partial charge in [-0.25, -0.2) is 13.4 Å². The number of nitrogens with two attached hydrogens (primary N) is 1. The topological polar surface area (TPSA) is 85.1 Å². The summed E-state index contributed by atoms with van der Waals surface area (Å²) in [5.41, 5.74) is 6.62. The summed E-state index contributed by atoms with van der Waals surface area (Å²) in [6.07, 6.45) is 0.557. The maximum absolute atomic E-state index is 11.6. The third-order valence-electron chi connectivity index (χ3n) is 3.22. The summed E-state index contributed by atoms with van der Waals surface area (Å²) >= 11 is 4.99. The molecule has 104 valence electrons. The zero-order valence-electron chi connectivity index (χ0n) is 10.9. The van der Waals surface area contributed by atoms with Gasteiger partial charge in [-0.2, -0.15) is 0 Å². The van der Waals surface area contributed by atoms with E-state index >= 15 is 0 Å². The average molecular weight is 299 g/mol. The van der Waals surface area contributed by atoms with Crippen molar-refractivity contribution in [2.75, 3.05) is 16.8 Å². The quantitative estimate of drug-likeness (QED) is 0.810. The third-order valence-corrected chi connectivity index (χ3v) is 5.35. The highest BCUT2D eigenvalue weighted by atomic mass is 32.2. The van der Waals surface area contributed by atoms with Crippen LogP contribution in [-0.4, -0.2) is 35.4 Å². The lowest BCUT2D eigenvalue weighted by Gasteiger charge is -2.26. The lowest BCUT2D eigenvalue weighted by molar-refractivity contribution is 0.571. The number of nitrogens with zero attached hydrogens (tertiary/aromatic N) is 1. The Morgan fingerprint density at radius 3 is 2.74 bits per heavy atom. The average Bonchev–Trinajstić information content (AvgIpc) is 2.52. The fraction of sp³-hybridized carbons (Fsp3) is 0.500. The molecule has 1 saturated heterocycles. The molecule has 0 spiro atoms. The van der Waals surface area contributed by atoms with Crippen molar-refractivity contribution in [3.05, 3.63) is 23.4 Å². The van der Waals surface area contributed by atoms with Gasteiger partial charge in [0, 0.05) is 5.69 Å². The summed E-state index contributed by atoms with van der Waals surface area (Å²) in [5, 5.41) is 3.21. The van der Waals surface area contributed by atoms with Gasteiger partial charge in [0.05, 0.1) is 22.6 Å². The number of sulfone groups is 1. The van der Waals surface area contributed by atoms with Gasteiger partial charge in [-0.05, 0) is 32.4 Å². The van der Waals surface area contributed by atoms with Gasteiger partial charge in [0.1, 0.15) is 10.8 Å². The first-order valence-corrected chi connectivity index (χ1v) is 8.20. The summed E-state index contributed by atoms with van der Waals surface area (Å²) < 4.78 is 23.2. The second-order valence-electron chi connectivity index (χ2n) is 5.24. The molecule has 1 aliphatic heterocycles. The highest BCUT2D eigenvalue weighted by Crippen LogP contribution is 2.28. The van der Waals surface area contributed by atoms with Gasteiger partial charge in [0.2, 0.25) is 0 Å². The molecule has 0 bridgehead atoms. The van der Waals surface area contributed by atoms with Crippen molar-refractivity contribution in [1.29, 1.82) is 0 Å². The van der Waals surface area contributed by atoms with Crippen LogP contribution in [0.25, 0.3) is 0 Å². The standard InChI is InChI=1S/C12H17N3O2S2/c1-8-3-4-9(10(13)18)11(14-8)15-12(2)5-6-19(16,17)7-12/h3-4H,5-7H2,1-2H3,(H2,13,18)(H,14,15). The molecule has 1 atom stereocenters. The first-order chi connectivity index (χ1) is 8.71. The Morgan fingerprint density at radius 1 is 1.53 bits per heavy atom. The van der Waals surface area contributed by atoms with Gasteiger partial charge in [0.25, 0.3) is 0 Å². The number of hydrogen-bond donors (Lipinski definition) is 2. The van der Waals surface area contributed by atoms with E-state index in [-0.39, 0.29) is 16.5 Å². The predicted molar refractivity (Wildman–Crippen MR) is 80.2 cm³/mol. The maximum atomic E-state index is 11.6. The van der Waals surface area contributed by atoms with Crippen LogP contribution < -0.4 is 11.1 Å². The molecule has 2 rings (SSSR count). The number of aryl methyl sites for hydroxylation is 1. The van der Waals surface area contributed by atoms with Crippen LogP contribution in [0.2, 0.25) is 0 Å². The van der Waals surface area contributed by atoms with E-state index in [4.69, 9.17) is 18.0 Å². The second-order valence-corrected chi connectivity index (χ2v) is 7.86. The summed E-state index contributed by atoms with van der Waals surface area (Å²) in [4.78, 5) is 4.63. The fourth-order valence-electron chi connectivity index (χ4n) is 2.25. The highest BCUT2D eigenvalue weighted by molar-refractivity contribution is 7.91. The Morgan fingerprint density at radius 2 is 2.21 bits per heavy atom. The minimum atomic E-state index is -2.97. The molecule has 0 saturated carbocycles. The van der Waals surface area contributed by atoms with Crippen molar-refractivity contribution in [1.82, 2.24) is 4.98 Å². The van der Waals surface area contributed by atoms with E-state index in [9.17, 15) is 8.42 Å². The number of nitrogens with one attached hydrogen (secondary N) is 1. The molecule has 1 fully saturated rings. The van der Waals surface area contributed by atoms with Crippen LogP contribution >= 0.6 is 12.2 Å². The normalized spacial score (nSPS) is 25.2. The van der Waals surface area contributed by atoms with Crippen LogP contribution in [0.15, 0.2) is 12.1 Å². The minimum Gasteiger partial charge on any atom is -0.389 e. The minimum absolute atomic E-state index is 0.104. The fourth-order valence-corrected chi connectivity index (χ4v) is 4.50. The molecule has 0 radical (unpaired) electrons. The molecule has 1 aliphatic rings. The smallest absolute Gasteiger partial charge is 0.152 e. The molecular weight excluding hydrogens is 282 g/mol. The zero-order valence-corrected chi connectivity index (χ0v) is 12.6. The number of thiocarbonyl (C=S) groups is 1. The molecule has 1 aromatic rings. The Kier molecular flexibility index (Phi) is 3.53. The molecule has 1 unspecified atom stereocenters. The van der Waals surface area contributed by atoms with Crippen LogP contribution in [0.1, 0.15) is 24.6 Å². The van der Waals surface area contributed by atoms with E-state index in [0.29, 0.717) is 17.8 Å². The SMILES string of the molecule is Cc1ccc(C(N)=S)c(NC2(C)CCS(=O)(=O)C2)n1. The lowest BCUT2D eigenvalue weighted by Crippen LogP contribution is -2.37. The van der Waals surface area contributed by atoms with Crippen molar-refractivity contribution in [2.45, 2.75) is 25.8 Å². The number of anilines is 1. The van der Waals surface area contributed by atoms with E-state index in [0.717, 1.165) is 5.69 Å². The molecule has 0 aliphatic carbocycles. The van der Waals surface area contributed by atoms with Crippen LogP contribution in [0.5, 0.6) is 0 Å². The molecule has 7 heteroatoms. The van der Waals surface area contributed by atoms with Crippen LogP contribution in [0.3, 0.4) is 0 Å². The van der Waals surface area contributed by atoms with Crippen molar-refractivity contribution < 1.29 is 8.42 Å². The molecule has 3 N–H and O–H groups in total. The Hall–Kier alpha value is -1.21. The van der Waals surface area contributed by atoms with Crippen molar-refractivity contribution in [3.8, 4) is 0 Å². The van der Waals surface area contributed by atoms with Crippen LogP contribution in [0, 0.1) is 6.92 Å². The first kappa shape index (κ1) is 14.2. The van der Waals surface area contributed by atoms with E-state index < -0.39 is 15.4 Å². The van der Waals surface area contributed by atoms with Crippen molar-refractivity contribution in [3.63, 3.8) is 0 Å². The molecular formula is C12H17N3O2S2. The molecule has 5 nitrogen and oxygen atoms in total. The van der Waals surface area contributed by atoms with Crippen molar-refractivity contribution >= 4 is 32.9 Å². The summed E-state index contributed by atoms with van der Waals surface area (Å²) in [7, 11) is -2.97. The lowest BCUT2D eigenvalue weighted by atomic mass is 10.0. The highest BCUT2D eigenvalue weighted by Gasteiger charge is 2.39. The van der Waals surface area contributed by atoms with E-state index in [1.165, 1.54) is 0 Å². The van der Waals surface area contributed by atoms with Gasteiger partial charge in [-0.15, -0.1) is 0 Å². The Labute approximate surface area is 118 Å². The van der Waals surface area contributed by atoms with Crippen molar-refractivity contribution in [2.24, 2.45) is 5.73 Å². The van der Waals surface area contributed by atoms with Gasteiger partial charge in [0.15, 0.2) is 9.84 Å². The zero-order chi connectivity index (χ0) is 14.3. The second kappa shape index (κ2) is 4.72. The largest absolute Gasteiger partial charge is 0.389 e. The van der Waals surface area contributed by atoms with Crippen LogP contribution in [-0.2, 0) is 9.84 Å². The molecule has 0 amide bonds. The number of hydrogen-bond acceptors (Lipinski definition) is 5. The number of aromatic nitrogens is 1. The summed E-state index contributed by atoms with van der Waals surface area (Å²) in [5.74, 6) is 0.865. The molecule has 0 aromatic carbocycles. The molecule has 2 heterocycles. The van der Waals surface area contributed by atoms with Gasteiger partial charge in [-0.3, -0.25) is 0 Å². The van der Waals surface area contributed by atoms with Gasteiger partial charge < -0.3 is 11.1 Å². The van der Waals surface area contributed by atoms with Gasteiger partial charge >= 0.3 is 0 Å². The predicted octanol–water partition coefficient (Wildman–Crippen LogP) is 1.01. The number of rotatable bonds is 3. The third kappa shape index (κ3) is 3.22. The van der Waals surface area contributed by atoms with Gasteiger partial charge in [-0.1, -0.05) is 12.2 Å². The maximum Gasteiger partial charge on any atom is 0.152 e. The molecule has 1 aromatic heterocycles. The van der Waals surface area contributed by atoms with Crippen LogP contribution in [0.4, 0.5) is 5.82 Å². The Bertz CT molecular complexity index is 628. The summed E-state index contributed by atoms with van der Waals surface area (Å²) in [6, 6.07) is 3.63. The van der Waals surface area contributed by atoms with E-state index in [2.05, 4.69) is 10.3 Å². The Balaban J connectivity index is 2.33. The number of pyridine rings is 1. The van der Waals surface area contributed by atoms with E-state index in [1.54, 1.807) is 6.07 Å². The summed E-state index contributed by atoms with van der Waals surface area (Å²) in [6.45, 7) is 3.74. The molecule has 19 heavy (non-hydrogen) atoms. The monoisotopic (exact) mass is 299 g/mol. The van der Waals surface area contributed by atoms with E-state index in [1.807, 2.05) is 19.9 Å². The first-order valence-electron chi connectivity index (χ1n) is 5.97.